The molecule has 3 N–H and O–H groups in total. The fraction of sp³-hybridized carbons (Fsp3) is 0.333. The van der Waals surface area contributed by atoms with Gasteiger partial charge in [0, 0.05) is 12.1 Å². The van der Waals surface area contributed by atoms with E-state index < -0.39 is 0 Å². The quantitative estimate of drug-likeness (QED) is 0.741. The lowest BCUT2D eigenvalue weighted by atomic mass is 10.1. The lowest BCUT2D eigenvalue weighted by Crippen LogP contribution is -2.39. The maximum atomic E-state index is 12.2. The number of fused-ring (bicyclic) bond motifs is 1. The maximum Gasteiger partial charge on any atom is 0.243 e. The standard InChI is InChI=1S/C12H14N6O/c1-7(11-15-17-18-16-11)13-12(19)10-6-8-4-2-3-5-9(8)14-10/h2-5,7,10,14H,6H2,1H3,(H,13,19)(H,15,16,17,18)/t7?,10-/m0/s1. The molecule has 1 aliphatic heterocycles. The minimum atomic E-state index is -0.267. The number of benzene rings is 1. The molecule has 1 amide bonds. The van der Waals surface area contributed by atoms with E-state index >= 15 is 0 Å². The predicted octanol–water partition coefficient (Wildman–Crippen LogP) is 0.414. The zero-order chi connectivity index (χ0) is 13.2. The smallest absolute Gasteiger partial charge is 0.243 e. The molecule has 2 aromatic rings. The van der Waals surface area contributed by atoms with Crippen molar-refractivity contribution in [1.82, 2.24) is 25.9 Å². The minimum absolute atomic E-state index is 0.0616. The van der Waals surface area contributed by atoms with Crippen LogP contribution < -0.4 is 10.6 Å². The second-order valence-electron chi connectivity index (χ2n) is 4.56. The van der Waals surface area contributed by atoms with E-state index in [0.717, 1.165) is 11.3 Å². The Morgan fingerprint density at radius 2 is 2.32 bits per heavy atom. The summed E-state index contributed by atoms with van der Waals surface area (Å²) in [6.45, 7) is 1.82. The topological polar surface area (TPSA) is 95.6 Å². The Kier molecular flexibility index (Phi) is 2.86. The molecule has 2 atom stereocenters. The summed E-state index contributed by atoms with van der Waals surface area (Å²) in [4.78, 5) is 12.2. The number of anilines is 1. The second-order valence-corrected chi connectivity index (χ2v) is 4.56. The number of nitrogens with zero attached hydrogens (tertiary/aromatic N) is 3. The van der Waals surface area contributed by atoms with E-state index in [4.69, 9.17) is 0 Å². The van der Waals surface area contributed by atoms with Crippen molar-refractivity contribution in [2.75, 3.05) is 5.32 Å². The third-order valence-corrected chi connectivity index (χ3v) is 3.20. The lowest BCUT2D eigenvalue weighted by Gasteiger charge is -2.15. The number of carbonyl (C=O) groups excluding carboxylic acids is 1. The average Bonchev–Trinajstić information content (AvgIpc) is 3.07. The van der Waals surface area contributed by atoms with Gasteiger partial charge >= 0.3 is 0 Å². The molecule has 0 radical (unpaired) electrons. The molecule has 3 rings (SSSR count). The highest BCUT2D eigenvalue weighted by atomic mass is 16.2. The van der Waals surface area contributed by atoms with Gasteiger partial charge in [-0.2, -0.15) is 5.21 Å². The first kappa shape index (κ1) is 11.6. The first-order valence-corrected chi connectivity index (χ1v) is 6.12. The zero-order valence-electron chi connectivity index (χ0n) is 10.4. The molecule has 0 fully saturated rings. The Morgan fingerprint density at radius 3 is 3.05 bits per heavy atom. The third kappa shape index (κ3) is 2.26. The van der Waals surface area contributed by atoms with Gasteiger partial charge < -0.3 is 10.6 Å². The first-order valence-electron chi connectivity index (χ1n) is 6.12. The zero-order valence-corrected chi connectivity index (χ0v) is 10.4. The second kappa shape index (κ2) is 4.68. The molecular formula is C12H14N6O. The first-order chi connectivity index (χ1) is 9.24. The number of aromatic nitrogens is 4. The van der Waals surface area contributed by atoms with Crippen LogP contribution in [0.4, 0.5) is 5.69 Å². The predicted molar refractivity (Wildman–Crippen MR) is 68.3 cm³/mol. The highest BCUT2D eigenvalue weighted by molar-refractivity contribution is 5.87. The van der Waals surface area contributed by atoms with E-state index in [9.17, 15) is 4.79 Å². The van der Waals surface area contributed by atoms with Gasteiger partial charge in [0.15, 0.2) is 5.82 Å². The fourth-order valence-electron chi connectivity index (χ4n) is 2.19. The van der Waals surface area contributed by atoms with Gasteiger partial charge in [-0.05, 0) is 18.6 Å². The van der Waals surface area contributed by atoms with Crippen LogP contribution in [0.3, 0.4) is 0 Å². The van der Waals surface area contributed by atoms with Crippen molar-refractivity contribution in [3.05, 3.63) is 35.7 Å². The molecule has 1 aromatic heterocycles. The Labute approximate surface area is 109 Å². The van der Waals surface area contributed by atoms with Crippen molar-refractivity contribution in [1.29, 1.82) is 0 Å². The van der Waals surface area contributed by atoms with Crippen molar-refractivity contribution < 1.29 is 4.79 Å². The van der Waals surface area contributed by atoms with Crippen LogP contribution in [0.25, 0.3) is 0 Å². The summed E-state index contributed by atoms with van der Waals surface area (Å²) in [7, 11) is 0. The molecule has 1 aliphatic rings. The van der Waals surface area contributed by atoms with Crippen molar-refractivity contribution in [2.45, 2.75) is 25.4 Å². The minimum Gasteiger partial charge on any atom is -0.373 e. The van der Waals surface area contributed by atoms with Crippen molar-refractivity contribution >= 4 is 11.6 Å². The SMILES string of the molecule is CC(NC(=O)[C@@H]1Cc2ccccc2N1)c1nn[nH]n1. The number of hydrogen-bond acceptors (Lipinski definition) is 5. The summed E-state index contributed by atoms with van der Waals surface area (Å²) >= 11 is 0. The van der Waals surface area contributed by atoms with Gasteiger partial charge in [-0.25, -0.2) is 0 Å². The van der Waals surface area contributed by atoms with Crippen LogP contribution in [0.2, 0.25) is 0 Å². The van der Waals surface area contributed by atoms with Crippen LogP contribution in [0.1, 0.15) is 24.4 Å². The van der Waals surface area contributed by atoms with Crippen molar-refractivity contribution in [3.63, 3.8) is 0 Å². The van der Waals surface area contributed by atoms with E-state index in [-0.39, 0.29) is 18.0 Å². The molecule has 0 aliphatic carbocycles. The van der Waals surface area contributed by atoms with E-state index in [0.29, 0.717) is 12.2 Å². The summed E-state index contributed by atoms with van der Waals surface area (Å²) in [6, 6.07) is 7.42. The summed E-state index contributed by atoms with van der Waals surface area (Å²) in [5.41, 5.74) is 2.18. The van der Waals surface area contributed by atoms with E-state index in [1.54, 1.807) is 0 Å². The number of carbonyl (C=O) groups is 1. The number of tetrazole rings is 1. The monoisotopic (exact) mass is 258 g/mol. The van der Waals surface area contributed by atoms with E-state index in [1.807, 2.05) is 31.2 Å². The molecule has 19 heavy (non-hydrogen) atoms. The normalized spacial score (nSPS) is 18.5. The molecule has 0 bridgehead atoms. The Hall–Kier alpha value is -2.44. The molecule has 0 saturated carbocycles. The molecular weight excluding hydrogens is 244 g/mol. The number of hydrogen-bond donors (Lipinski definition) is 3. The summed E-state index contributed by atoms with van der Waals surface area (Å²) < 4.78 is 0. The van der Waals surface area contributed by atoms with Crippen molar-refractivity contribution in [3.8, 4) is 0 Å². The van der Waals surface area contributed by atoms with Gasteiger partial charge in [0.25, 0.3) is 0 Å². The van der Waals surface area contributed by atoms with E-state index in [2.05, 4.69) is 31.3 Å². The molecule has 2 heterocycles. The molecule has 1 unspecified atom stereocenters. The van der Waals surface area contributed by atoms with Crippen molar-refractivity contribution in [2.24, 2.45) is 0 Å². The Balaban J connectivity index is 1.64. The number of nitrogens with one attached hydrogen (secondary N) is 3. The average molecular weight is 258 g/mol. The van der Waals surface area contributed by atoms with Gasteiger partial charge in [-0.3, -0.25) is 4.79 Å². The van der Waals surface area contributed by atoms with Crippen LogP contribution in [-0.4, -0.2) is 32.6 Å². The highest BCUT2D eigenvalue weighted by Gasteiger charge is 2.27. The van der Waals surface area contributed by atoms with Gasteiger partial charge in [-0.15, -0.1) is 10.2 Å². The van der Waals surface area contributed by atoms with Crippen LogP contribution in [0.15, 0.2) is 24.3 Å². The largest absolute Gasteiger partial charge is 0.373 e. The van der Waals surface area contributed by atoms with E-state index in [1.165, 1.54) is 0 Å². The van der Waals surface area contributed by atoms with Gasteiger partial charge in [-0.1, -0.05) is 23.4 Å². The number of H-pyrrole nitrogens is 1. The van der Waals surface area contributed by atoms with Gasteiger partial charge in [0.05, 0.1) is 6.04 Å². The van der Waals surface area contributed by atoms with Gasteiger partial charge in [0.2, 0.25) is 5.91 Å². The summed E-state index contributed by atoms with van der Waals surface area (Å²) in [5.74, 6) is 0.414. The number of aromatic amines is 1. The van der Waals surface area contributed by atoms with Crippen LogP contribution >= 0.6 is 0 Å². The van der Waals surface area contributed by atoms with Gasteiger partial charge in [0.1, 0.15) is 6.04 Å². The van der Waals surface area contributed by atoms with Crippen LogP contribution in [0, 0.1) is 0 Å². The highest BCUT2D eigenvalue weighted by Crippen LogP contribution is 2.25. The lowest BCUT2D eigenvalue weighted by molar-refractivity contribution is -0.122. The molecule has 1 aromatic carbocycles. The third-order valence-electron chi connectivity index (χ3n) is 3.20. The Morgan fingerprint density at radius 1 is 1.47 bits per heavy atom. The number of amides is 1. The summed E-state index contributed by atoms with van der Waals surface area (Å²) in [5, 5.41) is 19.6. The molecule has 98 valence electrons. The molecule has 7 heteroatoms. The molecule has 0 spiro atoms. The number of rotatable bonds is 3. The number of para-hydroxylation sites is 1. The fourth-order valence-corrected chi connectivity index (χ4v) is 2.19. The molecule has 7 nitrogen and oxygen atoms in total. The van der Waals surface area contributed by atoms with Crippen LogP contribution in [-0.2, 0) is 11.2 Å². The summed E-state index contributed by atoms with van der Waals surface area (Å²) in [6.07, 6.45) is 0.695. The van der Waals surface area contributed by atoms with Crippen LogP contribution in [0.5, 0.6) is 0 Å². The molecule has 0 saturated heterocycles. The maximum absolute atomic E-state index is 12.2. The Bertz CT molecular complexity index is 557.